The fourth-order valence-corrected chi connectivity index (χ4v) is 2.78. The number of halogens is 4. The van der Waals surface area contributed by atoms with Gasteiger partial charge >= 0.3 is 0 Å². The van der Waals surface area contributed by atoms with E-state index in [9.17, 15) is 0 Å². The van der Waals surface area contributed by atoms with E-state index in [-0.39, 0.29) is 2.14 Å². The SMILES string of the molecule is C=C(Br)CC(Br)(Br)Br. The maximum absolute atomic E-state index is 3.67. The first-order valence-corrected chi connectivity index (χ1v) is 4.99. The highest BCUT2D eigenvalue weighted by molar-refractivity contribution is 9.39. The summed E-state index contributed by atoms with van der Waals surface area (Å²) in [5.41, 5.74) is 0. The van der Waals surface area contributed by atoms with Crippen LogP contribution in [0.3, 0.4) is 0 Å². The zero-order chi connectivity index (χ0) is 6.78. The van der Waals surface area contributed by atoms with Crippen LogP contribution in [0.2, 0.25) is 0 Å². The predicted molar refractivity (Wildman–Crippen MR) is 52.2 cm³/mol. The molecule has 0 amide bonds. The lowest BCUT2D eigenvalue weighted by molar-refractivity contribution is 1.16. The average Bonchev–Trinajstić information content (AvgIpc) is 1.21. The molecule has 0 aromatic rings. The Morgan fingerprint density at radius 2 is 1.75 bits per heavy atom. The van der Waals surface area contributed by atoms with Gasteiger partial charge in [0.15, 0.2) is 0 Å². The third kappa shape index (κ3) is 7.66. The van der Waals surface area contributed by atoms with E-state index in [0.29, 0.717) is 0 Å². The van der Waals surface area contributed by atoms with Gasteiger partial charge in [-0.3, -0.25) is 0 Å². The Labute approximate surface area is 82.6 Å². The molecule has 4 heteroatoms. The van der Waals surface area contributed by atoms with E-state index in [1.54, 1.807) is 0 Å². The lowest BCUT2D eigenvalue weighted by atomic mass is 10.5. The fraction of sp³-hybridized carbons (Fsp3) is 0.500. The monoisotopic (exact) mass is 368 g/mol. The molecule has 0 saturated carbocycles. The molecule has 0 aromatic carbocycles. The summed E-state index contributed by atoms with van der Waals surface area (Å²) >= 11 is 13.2. The zero-order valence-electron chi connectivity index (χ0n) is 3.93. The van der Waals surface area contributed by atoms with Gasteiger partial charge in [-0.25, -0.2) is 0 Å². The molecular weight excluding hydrogens is 368 g/mol. The number of allylic oxidation sites excluding steroid dienone is 1. The Kier molecular flexibility index (Phi) is 4.51. The van der Waals surface area contributed by atoms with Crippen LogP contribution in [0.5, 0.6) is 0 Å². The molecule has 0 heterocycles. The predicted octanol–water partition coefficient (Wildman–Crippen LogP) is 4.12. The van der Waals surface area contributed by atoms with Gasteiger partial charge in [0.1, 0.15) is 2.14 Å². The summed E-state index contributed by atoms with van der Waals surface area (Å²) in [5, 5.41) is 0. The molecule has 0 fully saturated rings. The molecule has 0 spiro atoms. The average molecular weight is 372 g/mol. The van der Waals surface area contributed by atoms with Gasteiger partial charge in [-0.05, 0) is 4.48 Å². The van der Waals surface area contributed by atoms with E-state index in [1.165, 1.54) is 0 Å². The minimum Gasteiger partial charge on any atom is -0.0887 e. The zero-order valence-corrected chi connectivity index (χ0v) is 10.3. The molecule has 0 aliphatic heterocycles. The van der Waals surface area contributed by atoms with Crippen molar-refractivity contribution in [2.75, 3.05) is 0 Å². The van der Waals surface area contributed by atoms with E-state index in [0.717, 1.165) is 10.9 Å². The van der Waals surface area contributed by atoms with Crippen molar-refractivity contribution in [2.45, 2.75) is 8.56 Å². The minimum absolute atomic E-state index is 0.187. The van der Waals surface area contributed by atoms with Gasteiger partial charge in [0.25, 0.3) is 0 Å². The van der Waals surface area contributed by atoms with Crippen LogP contribution in [0.25, 0.3) is 0 Å². The standard InChI is InChI=1S/C4H4Br4/c1-3(5)2-4(6,7)8/h1-2H2. The van der Waals surface area contributed by atoms with Crippen LogP contribution >= 0.6 is 63.7 Å². The topological polar surface area (TPSA) is 0 Å². The van der Waals surface area contributed by atoms with Gasteiger partial charge in [0.05, 0.1) is 0 Å². The quantitative estimate of drug-likeness (QED) is 0.608. The summed E-state index contributed by atoms with van der Waals surface area (Å²) in [6.07, 6.45) is 0.799. The van der Waals surface area contributed by atoms with Crippen molar-refractivity contribution in [2.24, 2.45) is 0 Å². The fourth-order valence-electron chi connectivity index (χ4n) is 0.217. The second kappa shape index (κ2) is 3.74. The summed E-state index contributed by atoms with van der Waals surface area (Å²) in [7, 11) is 0. The molecule has 0 aromatic heterocycles. The second-order valence-electron chi connectivity index (χ2n) is 1.31. The summed E-state index contributed by atoms with van der Waals surface area (Å²) in [5.74, 6) is 0. The summed E-state index contributed by atoms with van der Waals surface area (Å²) in [6, 6.07) is 0. The van der Waals surface area contributed by atoms with E-state index in [4.69, 9.17) is 0 Å². The molecule has 8 heavy (non-hydrogen) atoms. The van der Waals surface area contributed by atoms with Gasteiger partial charge in [0.2, 0.25) is 0 Å². The van der Waals surface area contributed by atoms with Crippen LogP contribution in [-0.4, -0.2) is 2.14 Å². The van der Waals surface area contributed by atoms with Crippen LogP contribution < -0.4 is 0 Å². The van der Waals surface area contributed by atoms with Crippen molar-refractivity contribution in [1.82, 2.24) is 0 Å². The van der Waals surface area contributed by atoms with Crippen LogP contribution in [0.15, 0.2) is 11.1 Å². The first kappa shape index (κ1) is 9.66. The van der Waals surface area contributed by atoms with Crippen molar-refractivity contribution >= 4 is 63.7 Å². The lowest BCUT2D eigenvalue weighted by Gasteiger charge is -2.08. The lowest BCUT2D eigenvalue weighted by Crippen LogP contribution is -1.96. The van der Waals surface area contributed by atoms with Crippen LogP contribution in [0, 0.1) is 0 Å². The van der Waals surface area contributed by atoms with Crippen molar-refractivity contribution in [3.8, 4) is 0 Å². The van der Waals surface area contributed by atoms with Crippen LogP contribution in [0.1, 0.15) is 6.42 Å². The summed E-state index contributed by atoms with van der Waals surface area (Å²) < 4.78 is 0.760. The van der Waals surface area contributed by atoms with Crippen molar-refractivity contribution in [1.29, 1.82) is 0 Å². The Morgan fingerprint density at radius 1 is 1.38 bits per heavy atom. The molecule has 0 aliphatic rings. The third-order valence-electron chi connectivity index (χ3n) is 0.392. The number of rotatable bonds is 1. The van der Waals surface area contributed by atoms with Gasteiger partial charge < -0.3 is 0 Å². The Bertz CT molecular complexity index is 90.7. The number of hydrogen-bond donors (Lipinski definition) is 0. The molecule has 0 unspecified atom stereocenters. The number of hydrogen-bond acceptors (Lipinski definition) is 0. The molecule has 0 N–H and O–H groups in total. The number of alkyl halides is 3. The Morgan fingerprint density at radius 3 is 1.75 bits per heavy atom. The van der Waals surface area contributed by atoms with Gasteiger partial charge in [0, 0.05) is 6.42 Å². The minimum atomic E-state index is -0.187. The molecule has 0 saturated heterocycles. The summed E-state index contributed by atoms with van der Waals surface area (Å²) in [6.45, 7) is 3.67. The van der Waals surface area contributed by atoms with Crippen LogP contribution in [0.4, 0.5) is 0 Å². The van der Waals surface area contributed by atoms with E-state index < -0.39 is 0 Å². The van der Waals surface area contributed by atoms with E-state index in [1.807, 2.05) is 0 Å². The van der Waals surface area contributed by atoms with E-state index >= 15 is 0 Å². The highest BCUT2D eigenvalue weighted by Crippen LogP contribution is 2.40. The van der Waals surface area contributed by atoms with Gasteiger partial charge in [-0.1, -0.05) is 70.3 Å². The molecule has 0 radical (unpaired) electrons. The first-order chi connectivity index (χ1) is 3.42. The molecule has 0 rings (SSSR count). The van der Waals surface area contributed by atoms with Gasteiger partial charge in [-0.15, -0.1) is 0 Å². The molecular formula is C4H4Br4. The van der Waals surface area contributed by atoms with Crippen molar-refractivity contribution in [3.05, 3.63) is 11.1 Å². The molecule has 0 bridgehead atoms. The normalized spacial score (nSPS) is 11.5. The Balaban J connectivity index is 3.55. The Hall–Kier alpha value is 1.66. The van der Waals surface area contributed by atoms with Crippen molar-refractivity contribution in [3.63, 3.8) is 0 Å². The van der Waals surface area contributed by atoms with Crippen LogP contribution in [-0.2, 0) is 0 Å². The van der Waals surface area contributed by atoms with E-state index in [2.05, 4.69) is 70.3 Å². The highest BCUT2D eigenvalue weighted by Gasteiger charge is 2.17. The molecule has 0 aliphatic carbocycles. The molecule has 0 nitrogen and oxygen atoms in total. The maximum Gasteiger partial charge on any atom is 0.139 e. The van der Waals surface area contributed by atoms with Crippen molar-refractivity contribution < 1.29 is 0 Å². The largest absolute Gasteiger partial charge is 0.139 e. The highest BCUT2D eigenvalue weighted by atomic mass is 80.0. The third-order valence-corrected chi connectivity index (χ3v) is 1.51. The first-order valence-electron chi connectivity index (χ1n) is 1.82. The molecule has 0 atom stereocenters. The van der Waals surface area contributed by atoms with Gasteiger partial charge in [-0.2, -0.15) is 0 Å². The smallest absolute Gasteiger partial charge is 0.0887 e. The maximum atomic E-state index is 3.67. The second-order valence-corrected chi connectivity index (χ2v) is 9.68. The molecule has 48 valence electrons. The summed E-state index contributed by atoms with van der Waals surface area (Å²) in [4.78, 5) is 0.